The number of ether oxygens (including phenoxy) is 1. The molecule has 2 aromatic heterocycles. The predicted octanol–water partition coefficient (Wildman–Crippen LogP) is 3.01. The fourth-order valence-corrected chi connectivity index (χ4v) is 4.09. The van der Waals surface area contributed by atoms with Gasteiger partial charge in [-0.25, -0.2) is 24.3 Å². The number of carbonyl (C=O) groups is 2. The van der Waals surface area contributed by atoms with E-state index in [0.29, 0.717) is 28.1 Å². The van der Waals surface area contributed by atoms with Crippen molar-refractivity contribution in [2.24, 2.45) is 0 Å². The molecule has 0 fully saturated rings. The van der Waals surface area contributed by atoms with Crippen molar-refractivity contribution in [1.82, 2.24) is 19.9 Å². The Kier molecular flexibility index (Phi) is 5.77. The highest BCUT2D eigenvalue weighted by Crippen LogP contribution is 2.37. The average Bonchev–Trinajstić information content (AvgIpc) is 3.40. The van der Waals surface area contributed by atoms with Gasteiger partial charge >= 0.3 is 0 Å². The Morgan fingerprint density at radius 3 is 1.46 bits per heavy atom. The van der Waals surface area contributed by atoms with Gasteiger partial charge < -0.3 is 4.74 Å². The number of nitrogens with zero attached hydrogens (tertiary/aromatic N) is 8. The van der Waals surface area contributed by atoms with E-state index in [1.54, 1.807) is 36.4 Å². The van der Waals surface area contributed by atoms with Crippen LogP contribution in [0.3, 0.4) is 0 Å². The van der Waals surface area contributed by atoms with E-state index in [1.807, 2.05) is 6.07 Å². The van der Waals surface area contributed by atoms with Crippen molar-refractivity contribution in [3.63, 3.8) is 0 Å². The maximum absolute atomic E-state index is 13.2. The van der Waals surface area contributed by atoms with Crippen LogP contribution in [0.4, 0.5) is 4.39 Å². The van der Waals surface area contributed by atoms with Crippen LogP contribution in [0.1, 0.15) is 54.9 Å². The molecule has 2 aromatic carbocycles. The molecule has 0 unspecified atom stereocenters. The summed E-state index contributed by atoms with van der Waals surface area (Å²) < 4.78 is 18.2. The monoisotopic (exact) mass is 512 g/mol. The molecule has 39 heavy (non-hydrogen) atoms. The van der Waals surface area contributed by atoms with Gasteiger partial charge in [0.05, 0.1) is 7.11 Å². The number of benzene rings is 2. The van der Waals surface area contributed by atoms with E-state index < -0.39 is 11.6 Å². The second-order valence-electron chi connectivity index (χ2n) is 7.94. The van der Waals surface area contributed by atoms with E-state index in [2.05, 4.69) is 19.9 Å². The van der Waals surface area contributed by atoms with Gasteiger partial charge in [-0.15, -0.1) is 0 Å². The molecular formula is C27H9FN8O3. The number of methoxy groups -OCH3 is 1. The Labute approximate surface area is 218 Å². The standard InChI is InChI=1S/C14H6N4O2.C13H3FN4O/c1-20-7-2-3-8-9(4-7)14(19)13-12(8)17-10(5-15)11(6-16)18-13;14-6-1-2-7-8(3-6)13(19)12-11(7)17-9(4-15)10(5-16)18-12/h2-4H,1H3;1-3H. The smallest absolute Gasteiger partial charge is 0.214 e. The molecule has 0 saturated heterocycles. The minimum Gasteiger partial charge on any atom is -0.497 e. The summed E-state index contributed by atoms with van der Waals surface area (Å²) >= 11 is 0. The molecule has 182 valence electrons. The molecule has 0 spiro atoms. The van der Waals surface area contributed by atoms with E-state index in [1.165, 1.54) is 19.2 Å². The first-order valence-corrected chi connectivity index (χ1v) is 10.9. The topological polar surface area (TPSA) is 190 Å². The van der Waals surface area contributed by atoms with Gasteiger partial charge in [-0.2, -0.15) is 21.0 Å². The number of rotatable bonds is 1. The molecule has 0 saturated carbocycles. The van der Waals surface area contributed by atoms with Gasteiger partial charge in [-0.05, 0) is 36.4 Å². The van der Waals surface area contributed by atoms with Gasteiger partial charge in [-0.3, -0.25) is 9.59 Å². The van der Waals surface area contributed by atoms with E-state index >= 15 is 0 Å². The third-order valence-electron chi connectivity index (χ3n) is 5.85. The van der Waals surface area contributed by atoms with Crippen LogP contribution in [-0.4, -0.2) is 38.6 Å². The predicted molar refractivity (Wildman–Crippen MR) is 127 cm³/mol. The molecule has 0 aliphatic heterocycles. The minimum atomic E-state index is -0.541. The van der Waals surface area contributed by atoms with Gasteiger partial charge in [0, 0.05) is 22.3 Å². The van der Waals surface area contributed by atoms with Crippen LogP contribution >= 0.6 is 0 Å². The van der Waals surface area contributed by atoms with Crippen LogP contribution in [-0.2, 0) is 0 Å². The van der Waals surface area contributed by atoms with Gasteiger partial charge in [-0.1, -0.05) is 0 Å². The Balaban J connectivity index is 0.000000158. The first kappa shape index (κ1) is 24.3. The van der Waals surface area contributed by atoms with Crippen molar-refractivity contribution in [2.45, 2.75) is 0 Å². The molecule has 12 heteroatoms. The first-order chi connectivity index (χ1) is 18.8. The molecule has 2 heterocycles. The van der Waals surface area contributed by atoms with Crippen LogP contribution in [0.5, 0.6) is 5.75 Å². The number of ketones is 2. The second kappa shape index (κ2) is 9.25. The third kappa shape index (κ3) is 3.79. The Morgan fingerprint density at radius 1 is 0.615 bits per heavy atom. The van der Waals surface area contributed by atoms with Gasteiger partial charge in [0.1, 0.15) is 58.6 Å². The van der Waals surface area contributed by atoms with E-state index in [0.717, 1.165) is 6.07 Å². The minimum absolute atomic E-state index is 0.0175. The van der Waals surface area contributed by atoms with Crippen LogP contribution in [0.15, 0.2) is 36.4 Å². The molecule has 0 N–H and O–H groups in total. The zero-order valence-electron chi connectivity index (χ0n) is 19.6. The zero-order chi connectivity index (χ0) is 27.8. The normalized spacial score (nSPS) is 11.3. The lowest BCUT2D eigenvalue weighted by Gasteiger charge is -2.02. The first-order valence-electron chi connectivity index (χ1n) is 10.9. The van der Waals surface area contributed by atoms with E-state index in [4.69, 9.17) is 25.8 Å². The summed E-state index contributed by atoms with van der Waals surface area (Å²) in [6, 6.07) is 15.8. The molecule has 2 aliphatic carbocycles. The lowest BCUT2D eigenvalue weighted by molar-refractivity contribution is 0.103. The summed E-state index contributed by atoms with van der Waals surface area (Å²) in [5.74, 6) is -0.799. The van der Waals surface area contributed by atoms with Crippen LogP contribution in [0.25, 0.3) is 22.5 Å². The van der Waals surface area contributed by atoms with Crippen molar-refractivity contribution in [3.05, 3.63) is 87.5 Å². The Bertz CT molecular complexity index is 1960. The fourth-order valence-electron chi connectivity index (χ4n) is 4.09. The van der Waals surface area contributed by atoms with E-state index in [9.17, 15) is 14.0 Å². The number of hydrogen-bond donors (Lipinski definition) is 0. The summed E-state index contributed by atoms with van der Waals surface area (Å²) in [7, 11) is 1.51. The number of aromatic nitrogens is 4. The highest BCUT2D eigenvalue weighted by Gasteiger charge is 2.33. The van der Waals surface area contributed by atoms with Crippen molar-refractivity contribution < 1.29 is 18.7 Å². The Hall–Kier alpha value is -6.37. The maximum atomic E-state index is 13.2. The second-order valence-corrected chi connectivity index (χ2v) is 7.94. The molecule has 2 aliphatic rings. The van der Waals surface area contributed by atoms with Crippen LogP contribution in [0, 0.1) is 51.1 Å². The Morgan fingerprint density at radius 2 is 1.03 bits per heavy atom. The van der Waals surface area contributed by atoms with Crippen LogP contribution < -0.4 is 4.74 Å². The largest absolute Gasteiger partial charge is 0.497 e. The zero-order valence-corrected chi connectivity index (χ0v) is 19.6. The SMILES string of the molecule is COc1ccc2c(c1)C(=O)c1nc(C#N)c(C#N)nc1-2.N#Cc1nc2c(nc1C#N)-c1ccc(F)cc1C2=O. The fraction of sp³-hybridized carbons (Fsp3) is 0.0370. The summed E-state index contributed by atoms with van der Waals surface area (Å²) in [6.45, 7) is 0. The molecular weight excluding hydrogens is 503 g/mol. The summed E-state index contributed by atoms with van der Waals surface area (Å²) in [6.07, 6.45) is 0. The number of nitriles is 4. The van der Waals surface area contributed by atoms with Crippen molar-refractivity contribution in [1.29, 1.82) is 21.0 Å². The molecule has 0 radical (unpaired) electrons. The molecule has 11 nitrogen and oxygen atoms in total. The molecule has 6 rings (SSSR count). The average molecular weight is 512 g/mol. The maximum Gasteiger partial charge on any atom is 0.214 e. The quantitative estimate of drug-likeness (QED) is 0.315. The van der Waals surface area contributed by atoms with Crippen LogP contribution in [0.2, 0.25) is 0 Å². The van der Waals surface area contributed by atoms with Gasteiger partial charge in [0.2, 0.25) is 11.6 Å². The van der Waals surface area contributed by atoms with Crippen molar-refractivity contribution in [2.75, 3.05) is 7.11 Å². The van der Waals surface area contributed by atoms with Gasteiger partial charge in [0.25, 0.3) is 0 Å². The summed E-state index contributed by atoms with van der Waals surface area (Å²) in [5.41, 5.74) is 1.65. The highest BCUT2D eigenvalue weighted by molar-refractivity contribution is 6.20. The summed E-state index contributed by atoms with van der Waals surface area (Å²) in [5, 5.41) is 35.6. The lowest BCUT2D eigenvalue weighted by atomic mass is 10.1. The van der Waals surface area contributed by atoms with E-state index in [-0.39, 0.29) is 51.2 Å². The molecule has 0 amide bonds. The van der Waals surface area contributed by atoms with Crippen molar-refractivity contribution >= 4 is 11.6 Å². The molecule has 0 bridgehead atoms. The van der Waals surface area contributed by atoms with Crippen molar-refractivity contribution in [3.8, 4) is 52.5 Å². The molecule has 0 atom stereocenters. The third-order valence-corrected chi connectivity index (χ3v) is 5.85. The van der Waals surface area contributed by atoms with Gasteiger partial charge in [0.15, 0.2) is 22.8 Å². The lowest BCUT2D eigenvalue weighted by Crippen LogP contribution is -2.04. The number of hydrogen-bond acceptors (Lipinski definition) is 11. The number of carbonyl (C=O) groups excluding carboxylic acids is 2. The summed E-state index contributed by atoms with van der Waals surface area (Å²) in [4.78, 5) is 40.2. The highest BCUT2D eigenvalue weighted by atomic mass is 19.1. The number of halogens is 1. The number of fused-ring (bicyclic) bond motifs is 6. The molecule has 4 aromatic rings.